The van der Waals surface area contributed by atoms with E-state index >= 15 is 0 Å². The van der Waals surface area contributed by atoms with Crippen LogP contribution in [0.15, 0.2) is 24.3 Å². The predicted octanol–water partition coefficient (Wildman–Crippen LogP) is 2.70. The zero-order valence-corrected chi connectivity index (χ0v) is 16.1. The zero-order chi connectivity index (χ0) is 21.2. The molecule has 1 N–H and O–H groups in total. The molecule has 1 saturated heterocycles. The van der Waals surface area contributed by atoms with E-state index in [2.05, 4.69) is 0 Å². The van der Waals surface area contributed by atoms with Crippen molar-refractivity contribution >= 4 is 17.7 Å². The number of rotatable bonds is 6. The SMILES string of the molecule is COc1ccc(C2(CC(=O)NCC(F)(F)F)CC(=O)N(C3CCCC3)C2=O)cc1. The average Bonchev–Trinajstić information content (AvgIpc) is 3.27. The van der Waals surface area contributed by atoms with Crippen LogP contribution in [0.25, 0.3) is 0 Å². The van der Waals surface area contributed by atoms with Gasteiger partial charge in [-0.25, -0.2) is 0 Å². The highest BCUT2D eigenvalue weighted by Crippen LogP contribution is 2.43. The highest BCUT2D eigenvalue weighted by atomic mass is 19.4. The molecule has 1 aliphatic carbocycles. The summed E-state index contributed by atoms with van der Waals surface area (Å²) in [6, 6.07) is 6.15. The highest BCUT2D eigenvalue weighted by molar-refractivity contribution is 6.11. The molecule has 0 spiro atoms. The van der Waals surface area contributed by atoms with Crippen LogP contribution >= 0.6 is 0 Å². The number of alkyl halides is 3. The molecule has 1 aliphatic heterocycles. The molecule has 1 aromatic rings. The van der Waals surface area contributed by atoms with Gasteiger partial charge in [0.1, 0.15) is 12.3 Å². The zero-order valence-electron chi connectivity index (χ0n) is 16.1. The lowest BCUT2D eigenvalue weighted by Crippen LogP contribution is -2.46. The summed E-state index contributed by atoms with van der Waals surface area (Å²) in [6.07, 6.45) is -2.11. The Hall–Kier alpha value is -2.58. The van der Waals surface area contributed by atoms with Gasteiger partial charge in [-0.2, -0.15) is 13.2 Å². The maximum Gasteiger partial charge on any atom is 0.405 e. The average molecular weight is 412 g/mol. The van der Waals surface area contributed by atoms with E-state index in [0.29, 0.717) is 24.2 Å². The Bertz CT molecular complexity index is 788. The summed E-state index contributed by atoms with van der Waals surface area (Å²) in [5.74, 6) is -1.30. The van der Waals surface area contributed by atoms with Crippen molar-refractivity contribution in [2.24, 2.45) is 0 Å². The monoisotopic (exact) mass is 412 g/mol. The number of hydrogen-bond acceptors (Lipinski definition) is 4. The van der Waals surface area contributed by atoms with Crippen LogP contribution in [0, 0.1) is 0 Å². The molecule has 9 heteroatoms. The van der Waals surface area contributed by atoms with Crippen LogP contribution in [-0.2, 0) is 19.8 Å². The second kappa shape index (κ2) is 8.04. The fraction of sp³-hybridized carbons (Fsp3) is 0.550. The fourth-order valence-corrected chi connectivity index (χ4v) is 4.21. The van der Waals surface area contributed by atoms with Crippen molar-refractivity contribution in [1.82, 2.24) is 10.2 Å². The molecule has 0 radical (unpaired) electrons. The Labute approximate surface area is 166 Å². The first kappa shape index (κ1) is 21.1. The Morgan fingerprint density at radius 1 is 1.21 bits per heavy atom. The standard InChI is InChI=1S/C20H23F3N2O4/c1-29-15-8-6-13(7-9-15)19(10-16(26)24-12-20(21,22)23)11-17(27)25(18(19)28)14-4-2-3-5-14/h6-9,14H,2-5,10-12H2,1H3,(H,24,26). The van der Waals surface area contributed by atoms with Gasteiger partial charge in [-0.15, -0.1) is 0 Å². The van der Waals surface area contributed by atoms with Crippen LogP contribution in [-0.4, -0.2) is 48.5 Å². The first-order valence-corrected chi connectivity index (χ1v) is 9.51. The third-order valence-corrected chi connectivity index (χ3v) is 5.63. The predicted molar refractivity (Wildman–Crippen MR) is 97.1 cm³/mol. The molecule has 1 heterocycles. The van der Waals surface area contributed by atoms with Crippen molar-refractivity contribution in [3.8, 4) is 5.75 Å². The number of halogens is 3. The normalized spacial score (nSPS) is 23.0. The highest BCUT2D eigenvalue weighted by Gasteiger charge is 2.55. The third-order valence-electron chi connectivity index (χ3n) is 5.63. The Balaban J connectivity index is 1.92. The summed E-state index contributed by atoms with van der Waals surface area (Å²) in [5.41, 5.74) is -1.10. The number of ether oxygens (including phenoxy) is 1. The lowest BCUT2D eigenvalue weighted by molar-refractivity contribution is -0.144. The number of amides is 3. The van der Waals surface area contributed by atoms with Crippen LogP contribution in [0.4, 0.5) is 13.2 Å². The number of carbonyl (C=O) groups is 3. The quantitative estimate of drug-likeness (QED) is 0.729. The number of nitrogens with zero attached hydrogens (tertiary/aromatic N) is 1. The molecule has 158 valence electrons. The van der Waals surface area contributed by atoms with Gasteiger partial charge in [0.15, 0.2) is 0 Å². The van der Waals surface area contributed by atoms with E-state index in [4.69, 9.17) is 4.74 Å². The maximum atomic E-state index is 13.4. The molecule has 0 bridgehead atoms. The molecule has 2 fully saturated rings. The molecule has 29 heavy (non-hydrogen) atoms. The van der Waals surface area contributed by atoms with E-state index in [0.717, 1.165) is 12.8 Å². The van der Waals surface area contributed by atoms with Crippen molar-refractivity contribution in [2.45, 2.75) is 56.2 Å². The molecule has 3 amide bonds. The van der Waals surface area contributed by atoms with E-state index in [9.17, 15) is 27.6 Å². The Morgan fingerprint density at radius 2 is 1.83 bits per heavy atom. The van der Waals surface area contributed by atoms with Crippen LogP contribution in [0.2, 0.25) is 0 Å². The van der Waals surface area contributed by atoms with Crippen LogP contribution < -0.4 is 10.1 Å². The Kier molecular flexibility index (Phi) is 5.86. The van der Waals surface area contributed by atoms with Gasteiger partial charge in [0.25, 0.3) is 0 Å². The van der Waals surface area contributed by atoms with Gasteiger partial charge in [0.05, 0.1) is 12.5 Å². The summed E-state index contributed by atoms with van der Waals surface area (Å²) >= 11 is 0. The Morgan fingerprint density at radius 3 is 2.38 bits per heavy atom. The largest absolute Gasteiger partial charge is 0.497 e. The molecule has 1 aromatic carbocycles. The van der Waals surface area contributed by atoms with Gasteiger partial charge < -0.3 is 10.1 Å². The van der Waals surface area contributed by atoms with E-state index in [-0.39, 0.29) is 18.4 Å². The minimum atomic E-state index is -4.56. The second-order valence-electron chi connectivity index (χ2n) is 7.56. The maximum absolute atomic E-state index is 13.4. The number of likely N-dealkylation sites (tertiary alicyclic amines) is 1. The summed E-state index contributed by atoms with van der Waals surface area (Å²) in [6.45, 7) is -1.49. The molecule has 0 aromatic heterocycles. The van der Waals surface area contributed by atoms with Crippen LogP contribution in [0.5, 0.6) is 5.75 Å². The van der Waals surface area contributed by atoms with Gasteiger partial charge in [0.2, 0.25) is 17.7 Å². The fourth-order valence-electron chi connectivity index (χ4n) is 4.21. The van der Waals surface area contributed by atoms with Crippen molar-refractivity contribution in [1.29, 1.82) is 0 Å². The smallest absolute Gasteiger partial charge is 0.405 e. The first-order chi connectivity index (χ1) is 13.7. The van der Waals surface area contributed by atoms with E-state index in [1.807, 2.05) is 5.32 Å². The van der Waals surface area contributed by atoms with Gasteiger partial charge in [-0.1, -0.05) is 25.0 Å². The number of carbonyl (C=O) groups excluding carboxylic acids is 3. The number of imide groups is 1. The second-order valence-corrected chi connectivity index (χ2v) is 7.56. The number of hydrogen-bond donors (Lipinski definition) is 1. The molecule has 6 nitrogen and oxygen atoms in total. The summed E-state index contributed by atoms with van der Waals surface area (Å²) < 4.78 is 42.5. The molecule has 1 unspecified atom stereocenters. The number of nitrogens with one attached hydrogen (secondary N) is 1. The lowest BCUT2D eigenvalue weighted by atomic mass is 9.75. The van der Waals surface area contributed by atoms with Crippen molar-refractivity contribution in [2.75, 3.05) is 13.7 Å². The molecule has 1 saturated carbocycles. The molecule has 3 rings (SSSR count). The van der Waals surface area contributed by atoms with Gasteiger partial charge in [-0.3, -0.25) is 19.3 Å². The third kappa shape index (κ3) is 4.38. The topological polar surface area (TPSA) is 75.7 Å². The molecule has 1 atom stereocenters. The van der Waals surface area contributed by atoms with Gasteiger partial charge in [-0.05, 0) is 30.5 Å². The first-order valence-electron chi connectivity index (χ1n) is 9.51. The number of methoxy groups -OCH3 is 1. The van der Waals surface area contributed by atoms with Crippen molar-refractivity contribution < 1.29 is 32.3 Å². The number of benzene rings is 1. The van der Waals surface area contributed by atoms with Crippen molar-refractivity contribution in [3.63, 3.8) is 0 Å². The van der Waals surface area contributed by atoms with Crippen LogP contribution in [0.3, 0.4) is 0 Å². The van der Waals surface area contributed by atoms with E-state index in [1.54, 1.807) is 24.3 Å². The van der Waals surface area contributed by atoms with Crippen molar-refractivity contribution in [3.05, 3.63) is 29.8 Å². The molecular formula is C20H23F3N2O4. The minimum absolute atomic E-state index is 0.214. The summed E-state index contributed by atoms with van der Waals surface area (Å²) in [4.78, 5) is 39.7. The van der Waals surface area contributed by atoms with Gasteiger partial charge >= 0.3 is 6.18 Å². The van der Waals surface area contributed by atoms with Crippen LogP contribution in [0.1, 0.15) is 44.1 Å². The van der Waals surface area contributed by atoms with E-state index < -0.39 is 36.4 Å². The summed E-state index contributed by atoms with van der Waals surface area (Å²) in [5, 5.41) is 1.82. The molecule has 2 aliphatic rings. The summed E-state index contributed by atoms with van der Waals surface area (Å²) in [7, 11) is 1.47. The minimum Gasteiger partial charge on any atom is -0.497 e. The lowest BCUT2D eigenvalue weighted by Gasteiger charge is -2.29. The van der Waals surface area contributed by atoms with E-state index in [1.165, 1.54) is 12.0 Å². The van der Waals surface area contributed by atoms with Gasteiger partial charge in [0, 0.05) is 18.9 Å². The molecular weight excluding hydrogens is 389 g/mol.